The molecule has 0 radical (unpaired) electrons. The maximum Gasteiger partial charge on any atom is 0.289 e. The molecule has 2 rings (SSSR count). The Bertz CT molecular complexity index is 802. The van der Waals surface area contributed by atoms with Crippen molar-refractivity contribution in [2.75, 3.05) is 5.43 Å². The number of nitro benzene ring substituents is 1. The van der Waals surface area contributed by atoms with Gasteiger partial charge < -0.3 is 0 Å². The highest BCUT2D eigenvalue weighted by Gasteiger charge is 2.25. The van der Waals surface area contributed by atoms with Crippen LogP contribution in [0.15, 0.2) is 35.2 Å². The lowest BCUT2D eigenvalue weighted by Crippen LogP contribution is -2.31. The van der Waals surface area contributed by atoms with E-state index in [0.717, 1.165) is 12.1 Å². The molecule has 0 aliphatic heterocycles. The minimum atomic E-state index is -4.14. The van der Waals surface area contributed by atoms with Gasteiger partial charge in [-0.3, -0.25) is 15.5 Å². The van der Waals surface area contributed by atoms with Gasteiger partial charge in [-0.15, -0.1) is 4.83 Å². The summed E-state index contributed by atoms with van der Waals surface area (Å²) in [5, 5.41) is 10.9. The molecule has 0 amide bonds. The predicted molar refractivity (Wildman–Crippen MR) is 78.5 cm³/mol. The quantitative estimate of drug-likeness (QED) is 0.627. The molecule has 0 saturated heterocycles. The number of sulfonamides is 1. The minimum absolute atomic E-state index is 0.0552. The van der Waals surface area contributed by atoms with Crippen LogP contribution in [-0.2, 0) is 10.0 Å². The van der Waals surface area contributed by atoms with E-state index in [-0.39, 0.29) is 5.95 Å². The topological polar surface area (TPSA) is 127 Å². The average Bonchev–Trinajstić information content (AvgIpc) is 2.44. The number of hydrazine groups is 1. The fraction of sp³-hybridized carbons (Fsp3) is 0.167. The zero-order valence-electron chi connectivity index (χ0n) is 11.8. The lowest BCUT2D eigenvalue weighted by Gasteiger charge is -2.09. The second kappa shape index (κ2) is 6.03. The smallest absolute Gasteiger partial charge is 0.276 e. The molecule has 0 saturated carbocycles. The molecule has 2 aromatic rings. The molecule has 0 aliphatic carbocycles. The van der Waals surface area contributed by atoms with Gasteiger partial charge in [0.05, 0.1) is 4.92 Å². The number of hydrogen-bond donors (Lipinski definition) is 2. The molecular weight excluding hydrogens is 310 g/mol. The molecule has 0 aliphatic rings. The van der Waals surface area contributed by atoms with Crippen LogP contribution in [0.3, 0.4) is 0 Å². The van der Waals surface area contributed by atoms with Gasteiger partial charge in [-0.1, -0.05) is 12.1 Å². The Morgan fingerprint density at radius 1 is 1.14 bits per heavy atom. The number of nitrogens with one attached hydrogen (secondary N) is 2. The summed E-state index contributed by atoms with van der Waals surface area (Å²) in [6.45, 7) is 3.47. The van der Waals surface area contributed by atoms with Crippen LogP contribution in [-0.4, -0.2) is 23.3 Å². The van der Waals surface area contributed by atoms with Crippen molar-refractivity contribution in [3.05, 3.63) is 51.8 Å². The zero-order chi connectivity index (χ0) is 16.3. The molecule has 0 atom stereocenters. The lowest BCUT2D eigenvalue weighted by atomic mass is 10.3. The fourth-order valence-corrected chi connectivity index (χ4v) is 2.80. The van der Waals surface area contributed by atoms with Crippen LogP contribution >= 0.6 is 0 Å². The van der Waals surface area contributed by atoms with Gasteiger partial charge >= 0.3 is 0 Å². The summed E-state index contributed by atoms with van der Waals surface area (Å²) < 4.78 is 24.3. The summed E-state index contributed by atoms with van der Waals surface area (Å²) in [7, 11) is -4.14. The normalized spacial score (nSPS) is 11.2. The maximum absolute atomic E-state index is 12.2. The Morgan fingerprint density at radius 2 is 1.73 bits per heavy atom. The van der Waals surface area contributed by atoms with E-state index in [1.807, 2.05) is 4.83 Å². The SMILES string of the molecule is Cc1cc(C)nc(NNS(=O)(=O)c2ccccc2[N+](=O)[O-])n1. The van der Waals surface area contributed by atoms with Crippen LogP contribution in [0.2, 0.25) is 0 Å². The van der Waals surface area contributed by atoms with E-state index < -0.39 is 25.5 Å². The van der Waals surface area contributed by atoms with Crippen LogP contribution in [0.1, 0.15) is 11.4 Å². The summed E-state index contributed by atoms with van der Waals surface area (Å²) in [5.74, 6) is 0.0552. The average molecular weight is 323 g/mol. The number of hydrogen-bond acceptors (Lipinski definition) is 7. The molecule has 1 heterocycles. The lowest BCUT2D eigenvalue weighted by molar-refractivity contribution is -0.387. The van der Waals surface area contributed by atoms with Crippen molar-refractivity contribution in [3.8, 4) is 0 Å². The van der Waals surface area contributed by atoms with Gasteiger partial charge in [0.2, 0.25) is 5.95 Å². The first-order chi connectivity index (χ1) is 10.3. The second-order valence-electron chi connectivity index (χ2n) is 4.43. The highest BCUT2D eigenvalue weighted by atomic mass is 32.2. The molecule has 0 bridgehead atoms. The van der Waals surface area contributed by atoms with E-state index >= 15 is 0 Å². The highest BCUT2D eigenvalue weighted by Crippen LogP contribution is 2.22. The summed E-state index contributed by atoms with van der Waals surface area (Å²) in [5.41, 5.74) is 3.14. The molecule has 9 nitrogen and oxygen atoms in total. The Hall–Kier alpha value is -2.59. The first-order valence-electron chi connectivity index (χ1n) is 6.13. The van der Waals surface area contributed by atoms with Crippen molar-refractivity contribution < 1.29 is 13.3 Å². The molecule has 1 aromatic heterocycles. The van der Waals surface area contributed by atoms with Gasteiger partial charge in [0.15, 0.2) is 4.90 Å². The largest absolute Gasteiger partial charge is 0.289 e. The third kappa shape index (κ3) is 3.54. The Labute approximate surface area is 126 Å². The monoisotopic (exact) mass is 323 g/mol. The summed E-state index contributed by atoms with van der Waals surface area (Å²) in [4.78, 5) is 19.7. The van der Waals surface area contributed by atoms with Crippen molar-refractivity contribution >= 4 is 21.7 Å². The van der Waals surface area contributed by atoms with Crippen LogP contribution in [0.4, 0.5) is 11.6 Å². The van der Waals surface area contributed by atoms with Crippen LogP contribution in [0.25, 0.3) is 0 Å². The van der Waals surface area contributed by atoms with Crippen LogP contribution in [0, 0.1) is 24.0 Å². The van der Waals surface area contributed by atoms with Gasteiger partial charge in [-0.25, -0.2) is 18.4 Å². The predicted octanol–water partition coefficient (Wildman–Crippen LogP) is 1.31. The number of aryl methyl sites for hydroxylation is 2. The molecule has 22 heavy (non-hydrogen) atoms. The number of para-hydroxylation sites is 1. The van der Waals surface area contributed by atoms with Crippen LogP contribution < -0.4 is 10.3 Å². The van der Waals surface area contributed by atoms with Crippen LogP contribution in [0.5, 0.6) is 0 Å². The first kappa shape index (κ1) is 15.8. The Kier molecular flexibility index (Phi) is 4.33. The molecule has 116 valence electrons. The number of nitrogens with zero attached hydrogens (tertiary/aromatic N) is 3. The van der Waals surface area contributed by atoms with Crippen molar-refractivity contribution in [1.29, 1.82) is 0 Å². The number of nitro groups is 1. The van der Waals surface area contributed by atoms with E-state index in [9.17, 15) is 18.5 Å². The number of anilines is 1. The van der Waals surface area contributed by atoms with Crippen molar-refractivity contribution in [1.82, 2.24) is 14.8 Å². The molecule has 0 unspecified atom stereocenters. The van der Waals surface area contributed by atoms with Gasteiger partial charge in [0.25, 0.3) is 15.7 Å². The summed E-state index contributed by atoms with van der Waals surface area (Å²) in [6, 6.07) is 6.76. The third-order valence-corrected chi connectivity index (χ3v) is 3.93. The fourth-order valence-electron chi connectivity index (χ4n) is 1.78. The summed E-state index contributed by atoms with van der Waals surface area (Å²) in [6.07, 6.45) is 0. The third-order valence-electron chi connectivity index (χ3n) is 2.63. The molecule has 2 N–H and O–H groups in total. The van der Waals surface area contributed by atoms with E-state index in [4.69, 9.17) is 0 Å². The second-order valence-corrected chi connectivity index (χ2v) is 6.08. The minimum Gasteiger partial charge on any atom is -0.276 e. The Balaban J connectivity index is 2.27. The van der Waals surface area contributed by atoms with E-state index in [1.54, 1.807) is 19.9 Å². The van der Waals surface area contributed by atoms with Gasteiger partial charge in [0.1, 0.15) is 0 Å². The molecule has 0 spiro atoms. The highest BCUT2D eigenvalue weighted by molar-refractivity contribution is 7.89. The van der Waals surface area contributed by atoms with Gasteiger partial charge in [0, 0.05) is 17.5 Å². The van der Waals surface area contributed by atoms with E-state index in [2.05, 4.69) is 15.4 Å². The number of aromatic nitrogens is 2. The van der Waals surface area contributed by atoms with Crippen molar-refractivity contribution in [2.45, 2.75) is 18.7 Å². The first-order valence-corrected chi connectivity index (χ1v) is 7.61. The maximum atomic E-state index is 12.2. The Morgan fingerprint density at radius 3 is 2.32 bits per heavy atom. The van der Waals surface area contributed by atoms with Gasteiger partial charge in [-0.2, -0.15) is 0 Å². The van der Waals surface area contributed by atoms with Gasteiger partial charge in [-0.05, 0) is 26.0 Å². The molecule has 1 aromatic carbocycles. The molecule has 10 heteroatoms. The number of rotatable bonds is 5. The van der Waals surface area contributed by atoms with Crippen molar-refractivity contribution in [2.24, 2.45) is 0 Å². The van der Waals surface area contributed by atoms with Crippen molar-refractivity contribution in [3.63, 3.8) is 0 Å². The van der Waals surface area contributed by atoms with E-state index in [1.165, 1.54) is 12.1 Å². The number of benzene rings is 1. The summed E-state index contributed by atoms with van der Waals surface area (Å²) >= 11 is 0. The molecule has 0 fully saturated rings. The molecular formula is C12H13N5O4S. The standard InChI is InChI=1S/C12H13N5O4S/c1-8-7-9(2)14-12(13-8)15-16-22(20,21)11-6-4-3-5-10(11)17(18)19/h3-7,16H,1-2H3,(H,13,14,15). The zero-order valence-corrected chi connectivity index (χ0v) is 12.6. The van der Waals surface area contributed by atoms with E-state index in [0.29, 0.717) is 11.4 Å².